The molecule has 0 saturated heterocycles. The first-order valence-electron chi connectivity index (χ1n) is 6.50. The first-order valence-corrected chi connectivity index (χ1v) is 6.50. The van der Waals surface area contributed by atoms with E-state index >= 15 is 0 Å². The van der Waals surface area contributed by atoms with E-state index in [2.05, 4.69) is 5.32 Å². The number of halogens is 2. The molecule has 0 bridgehead atoms. The highest BCUT2D eigenvalue weighted by Gasteiger charge is 2.20. The van der Waals surface area contributed by atoms with Crippen molar-refractivity contribution < 1.29 is 23.5 Å². The van der Waals surface area contributed by atoms with Crippen LogP contribution in [-0.4, -0.2) is 17.0 Å². The molecule has 2 rings (SSSR count). The summed E-state index contributed by atoms with van der Waals surface area (Å²) in [5, 5.41) is 11.4. The number of carbonyl (C=O) groups excluding carboxylic acids is 1. The van der Waals surface area contributed by atoms with Gasteiger partial charge in [-0.3, -0.25) is 9.59 Å². The standard InChI is InChI=1S/C16H13F2NO3/c17-11-7-5-10(6-8-11)14(9-15(20)21)19-16(22)12-3-1-2-4-13(12)18/h1-8,14H,9H2,(H,19,22)(H,20,21). The molecule has 2 N–H and O–H groups in total. The lowest BCUT2D eigenvalue weighted by molar-refractivity contribution is -0.137. The van der Waals surface area contributed by atoms with Gasteiger partial charge >= 0.3 is 5.97 Å². The third-order valence-electron chi connectivity index (χ3n) is 3.07. The molecule has 22 heavy (non-hydrogen) atoms. The van der Waals surface area contributed by atoms with Crippen molar-refractivity contribution in [3.8, 4) is 0 Å². The number of hydrogen-bond acceptors (Lipinski definition) is 2. The van der Waals surface area contributed by atoms with Crippen molar-refractivity contribution in [3.63, 3.8) is 0 Å². The fraction of sp³-hybridized carbons (Fsp3) is 0.125. The van der Waals surface area contributed by atoms with Crippen LogP contribution in [0.15, 0.2) is 48.5 Å². The summed E-state index contributed by atoms with van der Waals surface area (Å²) < 4.78 is 26.5. The lowest BCUT2D eigenvalue weighted by Crippen LogP contribution is -2.30. The van der Waals surface area contributed by atoms with Crippen LogP contribution >= 0.6 is 0 Å². The topological polar surface area (TPSA) is 66.4 Å². The van der Waals surface area contributed by atoms with Crippen LogP contribution in [0.4, 0.5) is 8.78 Å². The van der Waals surface area contributed by atoms with Crippen LogP contribution in [0.25, 0.3) is 0 Å². The summed E-state index contributed by atoms with van der Waals surface area (Å²) in [5.41, 5.74) is 0.244. The largest absolute Gasteiger partial charge is 0.481 e. The van der Waals surface area contributed by atoms with E-state index in [0.717, 1.165) is 6.07 Å². The van der Waals surface area contributed by atoms with Crippen molar-refractivity contribution in [3.05, 3.63) is 71.3 Å². The first-order chi connectivity index (χ1) is 10.5. The van der Waals surface area contributed by atoms with Gasteiger partial charge < -0.3 is 10.4 Å². The lowest BCUT2D eigenvalue weighted by Gasteiger charge is -2.17. The van der Waals surface area contributed by atoms with Crippen molar-refractivity contribution in [1.82, 2.24) is 5.32 Å². The quantitative estimate of drug-likeness (QED) is 0.892. The van der Waals surface area contributed by atoms with Gasteiger partial charge in [-0.25, -0.2) is 8.78 Å². The molecule has 6 heteroatoms. The Balaban J connectivity index is 2.23. The number of carboxylic acids is 1. The molecule has 2 aromatic rings. The van der Waals surface area contributed by atoms with Crippen LogP contribution in [0.2, 0.25) is 0 Å². The number of nitrogens with one attached hydrogen (secondary N) is 1. The summed E-state index contributed by atoms with van der Waals surface area (Å²) >= 11 is 0. The Bertz CT molecular complexity index is 686. The van der Waals surface area contributed by atoms with Crippen LogP contribution < -0.4 is 5.32 Å². The SMILES string of the molecule is O=C(O)CC(NC(=O)c1ccccc1F)c1ccc(F)cc1. The molecule has 0 aliphatic carbocycles. The maximum absolute atomic E-state index is 13.6. The highest BCUT2D eigenvalue weighted by atomic mass is 19.1. The molecule has 114 valence electrons. The van der Waals surface area contributed by atoms with Gasteiger partial charge in [0.25, 0.3) is 5.91 Å². The second-order valence-corrected chi connectivity index (χ2v) is 4.66. The van der Waals surface area contributed by atoms with Crippen LogP contribution in [0.1, 0.15) is 28.4 Å². The molecule has 0 radical (unpaired) electrons. The van der Waals surface area contributed by atoms with Crippen LogP contribution in [0, 0.1) is 11.6 Å². The summed E-state index contributed by atoms with van der Waals surface area (Å²) in [6.07, 6.45) is -0.397. The minimum Gasteiger partial charge on any atom is -0.481 e. The number of rotatable bonds is 5. The molecule has 4 nitrogen and oxygen atoms in total. The van der Waals surface area contributed by atoms with Crippen LogP contribution in [0.3, 0.4) is 0 Å². The van der Waals surface area contributed by atoms with E-state index in [9.17, 15) is 18.4 Å². The van der Waals surface area contributed by atoms with Gasteiger partial charge in [-0.2, -0.15) is 0 Å². The second kappa shape index (κ2) is 6.80. The maximum atomic E-state index is 13.6. The Labute approximate surface area is 125 Å². The Hall–Kier alpha value is -2.76. The Kier molecular flexibility index (Phi) is 4.83. The van der Waals surface area contributed by atoms with Crippen molar-refractivity contribution in [2.45, 2.75) is 12.5 Å². The van der Waals surface area contributed by atoms with Gasteiger partial charge in [0.2, 0.25) is 0 Å². The monoisotopic (exact) mass is 305 g/mol. The van der Waals surface area contributed by atoms with Gasteiger partial charge in [0.1, 0.15) is 11.6 Å². The molecule has 1 atom stereocenters. The zero-order chi connectivity index (χ0) is 16.1. The third kappa shape index (κ3) is 3.88. The Morgan fingerprint density at radius 3 is 2.27 bits per heavy atom. The number of hydrogen-bond donors (Lipinski definition) is 2. The molecule has 0 aliphatic heterocycles. The van der Waals surface area contributed by atoms with E-state index < -0.39 is 36.0 Å². The van der Waals surface area contributed by atoms with E-state index in [0.29, 0.717) is 5.56 Å². The van der Waals surface area contributed by atoms with E-state index in [1.807, 2.05) is 0 Å². The Morgan fingerprint density at radius 2 is 1.68 bits per heavy atom. The van der Waals surface area contributed by atoms with Gasteiger partial charge in [0.05, 0.1) is 18.0 Å². The number of carboxylic acid groups (broad SMARTS) is 1. The summed E-state index contributed by atoms with van der Waals surface area (Å²) in [6.45, 7) is 0. The van der Waals surface area contributed by atoms with Crippen LogP contribution in [0.5, 0.6) is 0 Å². The summed E-state index contributed by atoms with van der Waals surface area (Å²) in [4.78, 5) is 23.0. The molecule has 1 unspecified atom stereocenters. The highest BCUT2D eigenvalue weighted by molar-refractivity contribution is 5.94. The predicted molar refractivity (Wildman–Crippen MR) is 75.3 cm³/mol. The first kappa shape index (κ1) is 15.6. The summed E-state index contributed by atoms with van der Waals surface area (Å²) in [6, 6.07) is 9.59. The number of amides is 1. The van der Waals surface area contributed by atoms with Gasteiger partial charge in [0.15, 0.2) is 0 Å². The molecular weight excluding hydrogens is 292 g/mol. The fourth-order valence-electron chi connectivity index (χ4n) is 2.00. The fourth-order valence-corrected chi connectivity index (χ4v) is 2.00. The predicted octanol–water partition coefficient (Wildman–Crippen LogP) is 2.91. The smallest absolute Gasteiger partial charge is 0.305 e. The van der Waals surface area contributed by atoms with Gasteiger partial charge in [-0.15, -0.1) is 0 Å². The average molecular weight is 305 g/mol. The third-order valence-corrected chi connectivity index (χ3v) is 3.07. The molecule has 0 aliphatic rings. The zero-order valence-corrected chi connectivity index (χ0v) is 11.4. The maximum Gasteiger partial charge on any atom is 0.305 e. The lowest BCUT2D eigenvalue weighted by atomic mass is 10.0. The van der Waals surface area contributed by atoms with Crippen LogP contribution in [-0.2, 0) is 4.79 Å². The average Bonchev–Trinajstić information content (AvgIpc) is 2.47. The number of carbonyl (C=O) groups is 2. The summed E-state index contributed by atoms with van der Waals surface area (Å²) in [7, 11) is 0. The number of benzene rings is 2. The molecule has 0 heterocycles. The molecule has 0 fully saturated rings. The molecule has 1 amide bonds. The molecular formula is C16H13F2NO3. The van der Waals surface area contributed by atoms with Gasteiger partial charge in [0, 0.05) is 0 Å². The van der Waals surface area contributed by atoms with Gasteiger partial charge in [-0.1, -0.05) is 24.3 Å². The van der Waals surface area contributed by atoms with E-state index in [1.165, 1.54) is 42.5 Å². The highest BCUT2D eigenvalue weighted by Crippen LogP contribution is 2.19. The van der Waals surface area contributed by atoms with Crippen molar-refractivity contribution in [1.29, 1.82) is 0 Å². The minimum absolute atomic E-state index is 0.181. The van der Waals surface area contributed by atoms with Crippen molar-refractivity contribution >= 4 is 11.9 Å². The molecule has 2 aromatic carbocycles. The van der Waals surface area contributed by atoms with E-state index in [4.69, 9.17) is 5.11 Å². The minimum atomic E-state index is -1.14. The van der Waals surface area contributed by atoms with E-state index in [1.54, 1.807) is 0 Å². The van der Waals surface area contributed by atoms with Crippen molar-refractivity contribution in [2.75, 3.05) is 0 Å². The number of aliphatic carboxylic acids is 1. The van der Waals surface area contributed by atoms with Crippen molar-refractivity contribution in [2.24, 2.45) is 0 Å². The van der Waals surface area contributed by atoms with Gasteiger partial charge in [-0.05, 0) is 29.8 Å². The second-order valence-electron chi connectivity index (χ2n) is 4.66. The molecule has 0 aromatic heterocycles. The summed E-state index contributed by atoms with van der Waals surface area (Å²) in [5.74, 6) is -3.04. The van der Waals surface area contributed by atoms with E-state index in [-0.39, 0.29) is 5.56 Å². The molecule has 0 saturated carbocycles. The normalized spacial score (nSPS) is 11.7. The Morgan fingerprint density at radius 1 is 1.05 bits per heavy atom. The zero-order valence-electron chi connectivity index (χ0n) is 11.4. The molecule has 0 spiro atoms.